The van der Waals surface area contributed by atoms with Crippen LogP contribution >= 0.6 is 0 Å². The number of aromatic nitrogens is 2. The summed E-state index contributed by atoms with van der Waals surface area (Å²) < 4.78 is 5.31. The van der Waals surface area contributed by atoms with Gasteiger partial charge in [-0.3, -0.25) is 0 Å². The fourth-order valence-electron chi connectivity index (χ4n) is 1.88. The number of rotatable bonds is 3. The average molecular weight is 223 g/mol. The van der Waals surface area contributed by atoms with Crippen LogP contribution in [0.15, 0.2) is 12.4 Å². The van der Waals surface area contributed by atoms with Crippen molar-refractivity contribution in [1.29, 1.82) is 0 Å². The maximum Gasteiger partial charge on any atom is 0.225 e. The predicted molar refractivity (Wildman–Crippen MR) is 60.2 cm³/mol. The minimum absolute atomic E-state index is 0.00791. The van der Waals surface area contributed by atoms with Gasteiger partial charge in [-0.1, -0.05) is 0 Å². The highest BCUT2D eigenvalue weighted by atomic mass is 16.5. The molecule has 1 aromatic rings. The highest BCUT2D eigenvalue weighted by Gasteiger charge is 2.20. The summed E-state index contributed by atoms with van der Waals surface area (Å²) >= 11 is 0. The van der Waals surface area contributed by atoms with Crippen molar-refractivity contribution in [2.45, 2.75) is 25.6 Å². The Kier molecular flexibility index (Phi) is 3.69. The number of hydrogen-bond donors (Lipinski definition) is 1. The van der Waals surface area contributed by atoms with Crippen LogP contribution in [0, 0.1) is 0 Å². The monoisotopic (exact) mass is 223 g/mol. The Labute approximate surface area is 95.1 Å². The Bertz CT molecular complexity index is 321. The van der Waals surface area contributed by atoms with Gasteiger partial charge in [-0.2, -0.15) is 0 Å². The molecule has 0 unspecified atom stereocenters. The van der Waals surface area contributed by atoms with E-state index in [1.54, 1.807) is 19.5 Å². The molecule has 1 aliphatic rings. The molecule has 1 aliphatic heterocycles. The molecule has 1 aromatic heterocycles. The molecule has 88 valence electrons. The van der Waals surface area contributed by atoms with E-state index in [0.29, 0.717) is 6.10 Å². The number of anilines is 1. The van der Waals surface area contributed by atoms with Gasteiger partial charge in [0.15, 0.2) is 0 Å². The van der Waals surface area contributed by atoms with Gasteiger partial charge >= 0.3 is 0 Å². The van der Waals surface area contributed by atoms with Crippen molar-refractivity contribution >= 4 is 5.95 Å². The third kappa shape index (κ3) is 2.48. The summed E-state index contributed by atoms with van der Waals surface area (Å²) in [6.07, 6.45) is 5.74. The number of methoxy groups -OCH3 is 1. The number of nitrogens with zero attached hydrogens (tertiary/aromatic N) is 3. The number of aliphatic hydroxyl groups excluding tert-OH is 1. The molecule has 16 heavy (non-hydrogen) atoms. The summed E-state index contributed by atoms with van der Waals surface area (Å²) in [6.45, 7) is 1.85. The van der Waals surface area contributed by atoms with E-state index in [1.807, 2.05) is 0 Å². The third-order valence-electron chi connectivity index (χ3n) is 2.93. The molecule has 0 spiro atoms. The van der Waals surface area contributed by atoms with E-state index in [-0.39, 0.29) is 6.61 Å². The Morgan fingerprint density at radius 2 is 2.00 bits per heavy atom. The van der Waals surface area contributed by atoms with E-state index >= 15 is 0 Å². The summed E-state index contributed by atoms with van der Waals surface area (Å²) in [5.74, 6) is 0.742. The molecule has 0 atom stereocenters. The summed E-state index contributed by atoms with van der Waals surface area (Å²) in [4.78, 5) is 10.6. The average Bonchev–Trinajstić information content (AvgIpc) is 2.39. The first kappa shape index (κ1) is 11.3. The van der Waals surface area contributed by atoms with Crippen LogP contribution in [-0.2, 0) is 11.3 Å². The molecular formula is C11H17N3O2. The summed E-state index contributed by atoms with van der Waals surface area (Å²) in [7, 11) is 1.76. The summed E-state index contributed by atoms with van der Waals surface area (Å²) in [6, 6.07) is 0. The third-order valence-corrected chi connectivity index (χ3v) is 2.93. The Morgan fingerprint density at radius 3 is 2.50 bits per heavy atom. The smallest absolute Gasteiger partial charge is 0.225 e. The van der Waals surface area contributed by atoms with Crippen molar-refractivity contribution in [2.24, 2.45) is 0 Å². The fraction of sp³-hybridized carbons (Fsp3) is 0.636. The Balaban J connectivity index is 1.97. The van der Waals surface area contributed by atoms with E-state index < -0.39 is 0 Å². The number of piperidine rings is 1. The minimum Gasteiger partial charge on any atom is -0.392 e. The molecule has 0 amide bonds. The molecule has 5 heteroatoms. The molecule has 0 aliphatic carbocycles. The fourth-order valence-corrected chi connectivity index (χ4v) is 1.88. The second-order valence-electron chi connectivity index (χ2n) is 3.97. The molecule has 0 aromatic carbocycles. The molecule has 2 heterocycles. The van der Waals surface area contributed by atoms with E-state index in [0.717, 1.165) is 37.4 Å². The van der Waals surface area contributed by atoms with Crippen LogP contribution in [0.3, 0.4) is 0 Å². The van der Waals surface area contributed by atoms with Crippen LogP contribution in [0.4, 0.5) is 5.95 Å². The van der Waals surface area contributed by atoms with Crippen molar-refractivity contribution < 1.29 is 9.84 Å². The van der Waals surface area contributed by atoms with Crippen LogP contribution in [0.25, 0.3) is 0 Å². The van der Waals surface area contributed by atoms with E-state index in [4.69, 9.17) is 9.84 Å². The quantitative estimate of drug-likeness (QED) is 0.812. The lowest BCUT2D eigenvalue weighted by Crippen LogP contribution is -2.37. The zero-order valence-electron chi connectivity index (χ0n) is 9.46. The van der Waals surface area contributed by atoms with Crippen molar-refractivity contribution in [1.82, 2.24) is 9.97 Å². The van der Waals surface area contributed by atoms with E-state index in [9.17, 15) is 0 Å². The maximum atomic E-state index is 8.90. The van der Waals surface area contributed by atoms with E-state index in [1.165, 1.54) is 0 Å². The number of hydrogen-bond acceptors (Lipinski definition) is 5. The summed E-state index contributed by atoms with van der Waals surface area (Å²) in [5, 5.41) is 8.90. The van der Waals surface area contributed by atoms with Gasteiger partial charge in [-0.25, -0.2) is 9.97 Å². The number of aliphatic hydroxyl groups is 1. The zero-order valence-corrected chi connectivity index (χ0v) is 9.46. The molecule has 2 rings (SSSR count). The van der Waals surface area contributed by atoms with Gasteiger partial charge in [0.25, 0.3) is 0 Å². The van der Waals surface area contributed by atoms with Gasteiger partial charge in [-0.15, -0.1) is 0 Å². The van der Waals surface area contributed by atoms with Gasteiger partial charge in [0.05, 0.1) is 12.7 Å². The molecular weight excluding hydrogens is 206 g/mol. The zero-order chi connectivity index (χ0) is 11.4. The van der Waals surface area contributed by atoms with Crippen LogP contribution < -0.4 is 4.90 Å². The SMILES string of the molecule is COC1CCN(c2ncc(CO)cn2)CC1. The van der Waals surface area contributed by atoms with E-state index in [2.05, 4.69) is 14.9 Å². The van der Waals surface area contributed by atoms with Gasteiger partial charge < -0.3 is 14.7 Å². The van der Waals surface area contributed by atoms with Crippen molar-refractivity contribution in [3.05, 3.63) is 18.0 Å². The molecule has 1 N–H and O–H groups in total. The minimum atomic E-state index is -0.00791. The molecule has 0 saturated carbocycles. The normalized spacial score (nSPS) is 17.8. The second-order valence-corrected chi connectivity index (χ2v) is 3.97. The van der Waals surface area contributed by atoms with Gasteiger partial charge in [0, 0.05) is 38.2 Å². The van der Waals surface area contributed by atoms with Gasteiger partial charge in [-0.05, 0) is 12.8 Å². The first-order valence-corrected chi connectivity index (χ1v) is 5.53. The topological polar surface area (TPSA) is 58.5 Å². The van der Waals surface area contributed by atoms with Crippen molar-refractivity contribution in [3.8, 4) is 0 Å². The second kappa shape index (κ2) is 5.23. The standard InChI is InChI=1S/C11H17N3O2/c1-16-10-2-4-14(5-3-10)11-12-6-9(8-15)7-13-11/h6-7,10,15H,2-5,8H2,1H3. The van der Waals surface area contributed by atoms with Crippen LogP contribution in [0.1, 0.15) is 18.4 Å². The first-order valence-electron chi connectivity index (χ1n) is 5.53. The number of ether oxygens (including phenoxy) is 1. The highest BCUT2D eigenvalue weighted by molar-refractivity contribution is 5.30. The van der Waals surface area contributed by atoms with Gasteiger partial charge in [0.1, 0.15) is 0 Å². The predicted octanol–water partition coefficient (Wildman–Crippen LogP) is 0.584. The van der Waals surface area contributed by atoms with Gasteiger partial charge in [0.2, 0.25) is 5.95 Å². The highest BCUT2D eigenvalue weighted by Crippen LogP contribution is 2.17. The van der Waals surface area contributed by atoms with Crippen LogP contribution in [0.2, 0.25) is 0 Å². The Morgan fingerprint density at radius 1 is 1.38 bits per heavy atom. The van der Waals surface area contributed by atoms with Crippen LogP contribution in [-0.4, -0.2) is 41.4 Å². The largest absolute Gasteiger partial charge is 0.392 e. The Hall–Kier alpha value is -1.20. The molecule has 0 radical (unpaired) electrons. The lowest BCUT2D eigenvalue weighted by molar-refractivity contribution is 0.0816. The van der Waals surface area contributed by atoms with Crippen LogP contribution in [0.5, 0.6) is 0 Å². The van der Waals surface area contributed by atoms with Crippen molar-refractivity contribution in [3.63, 3.8) is 0 Å². The maximum absolute atomic E-state index is 8.90. The first-order chi connectivity index (χ1) is 7.83. The summed E-state index contributed by atoms with van der Waals surface area (Å²) in [5.41, 5.74) is 0.746. The molecule has 0 bridgehead atoms. The lowest BCUT2D eigenvalue weighted by Gasteiger charge is -2.31. The molecule has 1 fully saturated rings. The lowest BCUT2D eigenvalue weighted by atomic mass is 10.1. The van der Waals surface area contributed by atoms with Crippen molar-refractivity contribution in [2.75, 3.05) is 25.1 Å². The molecule has 5 nitrogen and oxygen atoms in total. The molecule has 1 saturated heterocycles.